The van der Waals surface area contributed by atoms with Crippen LogP contribution in [0.25, 0.3) is 0 Å². The SMILES string of the molecule is CC(=O)OC#CC1C=C2CC(O)C(O)C[C@]2(C)[C@@H]2CC[C@]3(C)C(O)CC[C@H]3[C@H]12. The summed E-state index contributed by atoms with van der Waals surface area (Å²) in [6.45, 7) is 5.79. The minimum absolute atomic E-state index is 0.0650. The Morgan fingerprint density at radius 1 is 1.14 bits per heavy atom. The van der Waals surface area contributed by atoms with E-state index in [1.54, 1.807) is 0 Å². The predicted molar refractivity (Wildman–Crippen MR) is 104 cm³/mol. The van der Waals surface area contributed by atoms with E-state index in [9.17, 15) is 20.1 Å². The van der Waals surface area contributed by atoms with Gasteiger partial charge in [-0.3, -0.25) is 4.79 Å². The normalized spacial score (nSPS) is 49.6. The zero-order valence-electron chi connectivity index (χ0n) is 17.0. The van der Waals surface area contributed by atoms with Crippen LogP contribution in [-0.4, -0.2) is 39.6 Å². The molecule has 0 aromatic carbocycles. The Balaban J connectivity index is 1.77. The molecule has 0 bridgehead atoms. The Kier molecular flexibility index (Phi) is 4.89. The zero-order chi connectivity index (χ0) is 20.3. The van der Waals surface area contributed by atoms with Crippen molar-refractivity contribution in [2.75, 3.05) is 0 Å². The minimum Gasteiger partial charge on any atom is -0.393 e. The number of aliphatic hydroxyl groups excluding tert-OH is 3. The summed E-state index contributed by atoms with van der Waals surface area (Å²) >= 11 is 0. The van der Waals surface area contributed by atoms with Gasteiger partial charge in [0.25, 0.3) is 0 Å². The number of ether oxygens (including phenoxy) is 1. The summed E-state index contributed by atoms with van der Waals surface area (Å²) in [7, 11) is 0. The molecule has 3 N–H and O–H groups in total. The van der Waals surface area contributed by atoms with E-state index in [4.69, 9.17) is 4.74 Å². The van der Waals surface area contributed by atoms with Crippen LogP contribution in [0.15, 0.2) is 11.6 Å². The predicted octanol–water partition coefficient (Wildman–Crippen LogP) is 2.39. The second kappa shape index (κ2) is 6.86. The van der Waals surface area contributed by atoms with E-state index in [0.717, 1.165) is 25.7 Å². The van der Waals surface area contributed by atoms with Crippen LogP contribution in [0.2, 0.25) is 0 Å². The maximum Gasteiger partial charge on any atom is 0.316 e. The monoisotopic (exact) mass is 388 g/mol. The summed E-state index contributed by atoms with van der Waals surface area (Å²) < 4.78 is 4.91. The number of aliphatic hydroxyl groups is 3. The van der Waals surface area contributed by atoms with Gasteiger partial charge >= 0.3 is 5.97 Å². The molecule has 5 heteroatoms. The van der Waals surface area contributed by atoms with Crippen molar-refractivity contribution in [3.63, 3.8) is 0 Å². The molecule has 0 radical (unpaired) electrons. The van der Waals surface area contributed by atoms with Crippen LogP contribution in [0.1, 0.15) is 59.3 Å². The van der Waals surface area contributed by atoms with Gasteiger partial charge in [0.15, 0.2) is 0 Å². The number of carbonyl (C=O) groups excluding carboxylic acids is 1. The van der Waals surface area contributed by atoms with Crippen molar-refractivity contribution in [2.24, 2.45) is 34.5 Å². The molecule has 4 aliphatic rings. The fourth-order valence-electron chi connectivity index (χ4n) is 6.99. The molecule has 0 spiro atoms. The highest BCUT2D eigenvalue weighted by Gasteiger charge is 2.61. The third kappa shape index (κ3) is 2.93. The fraction of sp³-hybridized carbons (Fsp3) is 0.783. The summed E-state index contributed by atoms with van der Waals surface area (Å²) in [5.41, 5.74) is 0.922. The van der Waals surface area contributed by atoms with E-state index >= 15 is 0 Å². The first-order valence-electron chi connectivity index (χ1n) is 10.6. The molecule has 28 heavy (non-hydrogen) atoms. The maximum absolute atomic E-state index is 11.2. The minimum atomic E-state index is -0.736. The van der Waals surface area contributed by atoms with Gasteiger partial charge in [0.1, 0.15) is 6.11 Å². The van der Waals surface area contributed by atoms with Crippen LogP contribution < -0.4 is 0 Å². The van der Waals surface area contributed by atoms with Crippen LogP contribution >= 0.6 is 0 Å². The summed E-state index contributed by atoms with van der Waals surface area (Å²) in [6.07, 6.45) is 7.86. The molecule has 0 aromatic rings. The molecule has 3 fully saturated rings. The number of esters is 1. The molecule has 5 nitrogen and oxygen atoms in total. The van der Waals surface area contributed by atoms with Crippen LogP contribution in [0.4, 0.5) is 0 Å². The maximum atomic E-state index is 11.2. The highest BCUT2D eigenvalue weighted by atomic mass is 16.5. The number of hydrogen-bond donors (Lipinski definition) is 3. The van der Waals surface area contributed by atoms with Crippen molar-refractivity contribution in [3.8, 4) is 12.0 Å². The second-order valence-corrected chi connectivity index (χ2v) is 9.95. The van der Waals surface area contributed by atoms with Crippen molar-refractivity contribution in [1.82, 2.24) is 0 Å². The van der Waals surface area contributed by atoms with Gasteiger partial charge < -0.3 is 20.1 Å². The van der Waals surface area contributed by atoms with Gasteiger partial charge in [-0.2, -0.15) is 0 Å². The first kappa shape index (κ1) is 19.9. The van der Waals surface area contributed by atoms with Gasteiger partial charge in [-0.15, -0.1) is 0 Å². The molecule has 0 aromatic heterocycles. The summed E-state index contributed by atoms with van der Waals surface area (Å²) in [5, 5.41) is 31.4. The molecule has 4 unspecified atom stereocenters. The Morgan fingerprint density at radius 2 is 1.89 bits per heavy atom. The largest absolute Gasteiger partial charge is 0.393 e. The van der Waals surface area contributed by atoms with Crippen LogP contribution in [0.5, 0.6) is 0 Å². The van der Waals surface area contributed by atoms with Gasteiger partial charge in [-0.25, -0.2) is 0 Å². The number of carbonyl (C=O) groups is 1. The topological polar surface area (TPSA) is 87.0 Å². The lowest BCUT2D eigenvalue weighted by Gasteiger charge is -2.59. The zero-order valence-corrected chi connectivity index (χ0v) is 17.0. The first-order valence-corrected chi connectivity index (χ1v) is 10.6. The number of hydrogen-bond acceptors (Lipinski definition) is 5. The molecule has 0 amide bonds. The van der Waals surface area contributed by atoms with Crippen molar-refractivity contribution >= 4 is 5.97 Å². The fourth-order valence-corrected chi connectivity index (χ4v) is 6.99. The Morgan fingerprint density at radius 3 is 2.61 bits per heavy atom. The van der Waals surface area contributed by atoms with E-state index < -0.39 is 18.2 Å². The molecular weight excluding hydrogens is 356 g/mol. The first-order chi connectivity index (χ1) is 13.2. The molecule has 4 aliphatic carbocycles. The third-order valence-corrected chi connectivity index (χ3v) is 8.56. The van der Waals surface area contributed by atoms with E-state index in [1.807, 2.05) is 0 Å². The number of fused-ring (bicyclic) bond motifs is 5. The van der Waals surface area contributed by atoms with Crippen molar-refractivity contribution in [2.45, 2.75) is 77.6 Å². The van der Waals surface area contributed by atoms with Gasteiger partial charge in [-0.1, -0.05) is 31.4 Å². The van der Waals surface area contributed by atoms with Gasteiger partial charge in [0.05, 0.1) is 18.3 Å². The standard InChI is InChI=1S/C23H32O5/c1-13(24)28-9-7-14-10-15-11-18(25)19(26)12-23(15,3)17-6-8-22(2)16(21(14)17)4-5-20(22)27/h10,14,16-21,25-27H,4-6,8,11-12H2,1-3H3/t14?,16-,17+,18?,19?,20?,21-,22-,23-/m0/s1. The lowest BCUT2D eigenvalue weighted by atomic mass is 9.45. The number of allylic oxidation sites excluding steroid dienone is 1. The van der Waals surface area contributed by atoms with Gasteiger partial charge in [0, 0.05) is 12.8 Å². The van der Waals surface area contributed by atoms with Gasteiger partial charge in [0.2, 0.25) is 0 Å². The lowest BCUT2D eigenvalue weighted by molar-refractivity contribution is -0.134. The quantitative estimate of drug-likeness (QED) is 0.337. The smallest absolute Gasteiger partial charge is 0.316 e. The average Bonchev–Trinajstić information content (AvgIpc) is 2.92. The van der Waals surface area contributed by atoms with E-state index in [1.165, 1.54) is 12.5 Å². The van der Waals surface area contributed by atoms with E-state index in [2.05, 4.69) is 32.0 Å². The molecule has 154 valence electrons. The summed E-state index contributed by atoms with van der Waals surface area (Å²) in [6, 6.07) is 0. The highest BCUT2D eigenvalue weighted by Crippen LogP contribution is 2.65. The highest BCUT2D eigenvalue weighted by molar-refractivity contribution is 5.67. The van der Waals surface area contributed by atoms with E-state index in [-0.39, 0.29) is 28.8 Å². The van der Waals surface area contributed by atoms with Crippen LogP contribution in [-0.2, 0) is 9.53 Å². The Labute approximate surface area is 167 Å². The molecule has 4 rings (SSSR count). The van der Waals surface area contributed by atoms with Crippen LogP contribution in [0.3, 0.4) is 0 Å². The van der Waals surface area contributed by atoms with Crippen LogP contribution in [0, 0.1) is 46.5 Å². The number of rotatable bonds is 0. The van der Waals surface area contributed by atoms with E-state index in [0.29, 0.717) is 24.7 Å². The van der Waals surface area contributed by atoms with Gasteiger partial charge in [-0.05, 0) is 67.1 Å². The average molecular weight is 389 g/mol. The Hall–Kier alpha value is -1.35. The van der Waals surface area contributed by atoms with Crippen molar-refractivity contribution in [3.05, 3.63) is 11.6 Å². The molecule has 3 saturated carbocycles. The molecule has 9 atom stereocenters. The molecule has 0 heterocycles. The second-order valence-electron chi connectivity index (χ2n) is 9.95. The summed E-state index contributed by atoms with van der Waals surface area (Å²) in [4.78, 5) is 11.2. The van der Waals surface area contributed by atoms with Crippen molar-refractivity contribution in [1.29, 1.82) is 0 Å². The summed E-state index contributed by atoms with van der Waals surface area (Å²) in [5.74, 6) is 3.65. The third-order valence-electron chi connectivity index (χ3n) is 8.56. The molecule has 0 aliphatic heterocycles. The molecule has 0 saturated heterocycles. The molecular formula is C23H32O5. The Bertz CT molecular complexity index is 748. The van der Waals surface area contributed by atoms with Crippen molar-refractivity contribution < 1.29 is 24.9 Å². The lowest BCUT2D eigenvalue weighted by Crippen LogP contribution is -2.55.